The minimum Gasteiger partial charge on any atom is -0.326 e. The van der Waals surface area contributed by atoms with Gasteiger partial charge in [-0.3, -0.25) is 14.4 Å². The number of carbonyl (C=O) groups excluding carboxylic acids is 3. The molecular weight excluding hydrogens is 737 g/mol. The number of rotatable bonds is 9. The molecule has 0 bridgehead atoms. The molecule has 0 heterocycles. The Balaban J connectivity index is 1.46. The number of halogens is 12. The lowest BCUT2D eigenvalue weighted by Crippen LogP contribution is -2.37. The van der Waals surface area contributed by atoms with E-state index < -0.39 is 81.8 Å². The molecule has 0 aliphatic heterocycles. The van der Waals surface area contributed by atoms with E-state index in [0.717, 1.165) is 12.1 Å². The molecule has 1 aliphatic carbocycles. The van der Waals surface area contributed by atoms with Crippen LogP contribution < -0.4 is 16.0 Å². The first-order valence-corrected chi connectivity index (χ1v) is 14.6. The number of carbonyl (C=O) groups is 3. The number of hydrogen-bond donors (Lipinski definition) is 3. The molecule has 0 unspecified atom stereocenters. The number of anilines is 3. The maximum Gasteiger partial charge on any atom is 0.453 e. The van der Waals surface area contributed by atoms with Crippen LogP contribution >= 0.6 is 58.0 Å². The summed E-state index contributed by atoms with van der Waals surface area (Å²) < 4.78 is 91.1. The monoisotopic (exact) mass is 751 g/mol. The average Bonchev–Trinajstić information content (AvgIpc) is 3.55. The Hall–Kier alpha value is -2.97. The van der Waals surface area contributed by atoms with Crippen LogP contribution in [-0.4, -0.2) is 34.2 Å². The largest absolute Gasteiger partial charge is 0.453 e. The highest BCUT2D eigenvalue weighted by Crippen LogP contribution is 2.65. The number of hydrogen-bond acceptors (Lipinski definition) is 3. The quantitative estimate of drug-likeness (QED) is 0.150. The molecule has 3 aromatic rings. The molecule has 3 N–H and O–H groups in total. The van der Waals surface area contributed by atoms with Gasteiger partial charge in [-0.15, -0.1) is 23.2 Å². The maximum absolute atomic E-state index is 15.0. The van der Waals surface area contributed by atoms with E-state index in [1.807, 2.05) is 0 Å². The van der Waals surface area contributed by atoms with Gasteiger partial charge >= 0.3 is 12.1 Å². The van der Waals surface area contributed by atoms with Crippen LogP contribution in [0.3, 0.4) is 0 Å². The van der Waals surface area contributed by atoms with Gasteiger partial charge in [0.2, 0.25) is 11.8 Å². The number of amides is 3. The fraction of sp³-hybridized carbons (Fsp3) is 0.250. The zero-order chi connectivity index (χ0) is 34.4. The van der Waals surface area contributed by atoms with E-state index in [9.17, 15) is 40.7 Å². The second kappa shape index (κ2) is 13.3. The van der Waals surface area contributed by atoms with Crippen molar-refractivity contribution >= 4 is 92.8 Å². The minimum atomic E-state index is -5.93. The summed E-state index contributed by atoms with van der Waals surface area (Å²) in [6.07, 6.45) is -9.33. The van der Waals surface area contributed by atoms with Crippen LogP contribution in [0.4, 0.5) is 47.8 Å². The Bertz CT molecular complexity index is 1720. The van der Waals surface area contributed by atoms with Crippen LogP contribution in [0.2, 0.25) is 15.1 Å². The Kier molecular flexibility index (Phi) is 10.3. The molecule has 0 radical (unpaired) electrons. The van der Waals surface area contributed by atoms with Gasteiger partial charge in [0.05, 0.1) is 32.2 Å². The summed E-state index contributed by atoms with van der Waals surface area (Å²) in [5.74, 6) is -13.1. The highest BCUT2D eigenvalue weighted by molar-refractivity contribution is 6.53. The first-order chi connectivity index (χ1) is 21.2. The van der Waals surface area contributed by atoms with Crippen LogP contribution in [0.15, 0.2) is 48.5 Å². The standard InChI is InChI=1S/C28H17Cl5F7N3O3/c29-14-4-2-12(41-25(46)21-20(27(21,32)33)11-1-3-15(30)16(31)9-11)10-13(14)24(45)42-18-6-5-17(34)23(22(18)35)43-19(44)7-8-26(36,37)28(38,39)40/h1-6,9-10,20-21H,7-8H2,(H,41,46)(H,42,45)(H,43,44)/t20-,21+/m0/s1. The lowest BCUT2D eigenvalue weighted by Gasteiger charge is -2.19. The van der Waals surface area contributed by atoms with E-state index in [1.165, 1.54) is 24.3 Å². The summed E-state index contributed by atoms with van der Waals surface area (Å²) >= 11 is 30.8. The van der Waals surface area contributed by atoms with Crippen LogP contribution in [0, 0.1) is 17.6 Å². The van der Waals surface area contributed by atoms with Gasteiger partial charge in [-0.05, 0) is 48.0 Å². The molecule has 2 atom stereocenters. The third kappa shape index (κ3) is 7.60. The second-order valence-electron chi connectivity index (χ2n) is 9.98. The lowest BCUT2D eigenvalue weighted by atomic mass is 10.1. The minimum absolute atomic E-state index is 0.0478. The van der Waals surface area contributed by atoms with E-state index in [4.69, 9.17) is 58.0 Å². The van der Waals surface area contributed by atoms with Crippen molar-refractivity contribution in [1.29, 1.82) is 0 Å². The molecule has 0 saturated heterocycles. The number of nitrogens with one attached hydrogen (secondary N) is 3. The van der Waals surface area contributed by atoms with E-state index in [0.29, 0.717) is 11.6 Å². The van der Waals surface area contributed by atoms with Crippen molar-refractivity contribution in [2.45, 2.75) is 35.2 Å². The molecule has 1 saturated carbocycles. The highest BCUT2D eigenvalue weighted by atomic mass is 35.5. The fourth-order valence-electron chi connectivity index (χ4n) is 4.34. The molecule has 3 amide bonds. The molecule has 246 valence electrons. The smallest absolute Gasteiger partial charge is 0.326 e. The molecular formula is C28H17Cl5F7N3O3. The summed E-state index contributed by atoms with van der Waals surface area (Å²) in [6, 6.07) is 9.69. The predicted octanol–water partition coefficient (Wildman–Crippen LogP) is 9.62. The van der Waals surface area contributed by atoms with Crippen molar-refractivity contribution in [3.63, 3.8) is 0 Å². The summed E-state index contributed by atoms with van der Waals surface area (Å²) in [7, 11) is 0. The third-order valence-corrected chi connectivity index (χ3v) is 8.81. The predicted molar refractivity (Wildman–Crippen MR) is 160 cm³/mol. The Morgan fingerprint density at radius 3 is 2.09 bits per heavy atom. The zero-order valence-corrected chi connectivity index (χ0v) is 26.2. The molecule has 3 aromatic carbocycles. The van der Waals surface area contributed by atoms with Gasteiger partial charge in [-0.1, -0.05) is 40.9 Å². The lowest BCUT2D eigenvalue weighted by molar-refractivity contribution is -0.284. The van der Waals surface area contributed by atoms with Crippen LogP contribution in [0.1, 0.15) is 34.7 Å². The molecule has 1 aliphatic rings. The Morgan fingerprint density at radius 1 is 0.804 bits per heavy atom. The first-order valence-electron chi connectivity index (χ1n) is 12.7. The van der Waals surface area contributed by atoms with E-state index in [1.54, 1.807) is 11.4 Å². The normalized spacial score (nSPS) is 17.3. The van der Waals surface area contributed by atoms with Gasteiger partial charge in [-0.2, -0.15) is 22.0 Å². The van der Waals surface area contributed by atoms with Crippen LogP contribution in [-0.2, 0) is 9.59 Å². The third-order valence-electron chi connectivity index (χ3n) is 6.80. The van der Waals surface area contributed by atoms with E-state index in [2.05, 4.69) is 10.6 Å². The van der Waals surface area contributed by atoms with E-state index in [-0.39, 0.29) is 26.3 Å². The SMILES string of the molecule is O=C(CCC(F)(F)C(F)(F)F)Nc1c(F)ccc(NC(=O)c2cc(NC(=O)[C@H]3[C@H](c4ccc(Cl)c(Cl)c4)C3(Cl)Cl)ccc2Cl)c1F. The first kappa shape index (κ1) is 35.9. The van der Waals surface area contributed by atoms with Gasteiger partial charge in [-0.25, -0.2) is 8.78 Å². The Morgan fingerprint density at radius 2 is 1.46 bits per heavy atom. The topological polar surface area (TPSA) is 87.3 Å². The number of benzene rings is 3. The van der Waals surface area contributed by atoms with Gasteiger partial charge in [0.1, 0.15) is 15.8 Å². The molecule has 6 nitrogen and oxygen atoms in total. The van der Waals surface area contributed by atoms with Crippen molar-refractivity contribution < 1.29 is 45.1 Å². The van der Waals surface area contributed by atoms with Gasteiger partial charge in [0, 0.05) is 24.4 Å². The average molecular weight is 754 g/mol. The van der Waals surface area contributed by atoms with Crippen molar-refractivity contribution in [1.82, 2.24) is 0 Å². The molecule has 1 fully saturated rings. The van der Waals surface area contributed by atoms with Gasteiger partial charge < -0.3 is 16.0 Å². The number of alkyl halides is 7. The maximum atomic E-state index is 15.0. The van der Waals surface area contributed by atoms with Crippen molar-refractivity contribution in [2.24, 2.45) is 5.92 Å². The van der Waals surface area contributed by atoms with Crippen LogP contribution in [0.25, 0.3) is 0 Å². The summed E-state index contributed by atoms with van der Waals surface area (Å²) in [6.45, 7) is 0. The summed E-state index contributed by atoms with van der Waals surface area (Å²) in [5.41, 5.74) is -1.64. The van der Waals surface area contributed by atoms with Crippen molar-refractivity contribution in [3.05, 3.63) is 86.4 Å². The van der Waals surface area contributed by atoms with Gasteiger partial charge in [0.15, 0.2) is 5.82 Å². The molecule has 0 spiro atoms. The zero-order valence-electron chi connectivity index (χ0n) is 22.4. The Labute approximate surface area is 280 Å². The molecule has 46 heavy (non-hydrogen) atoms. The molecule has 0 aromatic heterocycles. The van der Waals surface area contributed by atoms with E-state index >= 15 is 4.39 Å². The van der Waals surface area contributed by atoms with Crippen LogP contribution in [0.5, 0.6) is 0 Å². The second-order valence-corrected chi connectivity index (χ2v) is 12.6. The van der Waals surface area contributed by atoms with Crippen molar-refractivity contribution in [3.8, 4) is 0 Å². The van der Waals surface area contributed by atoms with Crippen molar-refractivity contribution in [2.75, 3.05) is 16.0 Å². The molecule has 18 heteroatoms. The molecule has 4 rings (SSSR count). The summed E-state index contributed by atoms with van der Waals surface area (Å²) in [4.78, 5) is 38.0. The fourth-order valence-corrected chi connectivity index (χ4v) is 5.68. The summed E-state index contributed by atoms with van der Waals surface area (Å²) in [5, 5.41) is 6.57. The highest BCUT2D eigenvalue weighted by Gasteiger charge is 2.67. The van der Waals surface area contributed by atoms with Gasteiger partial charge in [0.25, 0.3) is 5.91 Å².